The topological polar surface area (TPSA) is 15.3 Å². The molecule has 15 heavy (non-hydrogen) atoms. The molecule has 0 radical (unpaired) electrons. The Bertz CT molecular complexity index is 171. The van der Waals surface area contributed by atoms with E-state index in [9.17, 15) is 0 Å². The van der Waals surface area contributed by atoms with Crippen LogP contribution in [0, 0.1) is 5.92 Å². The van der Waals surface area contributed by atoms with Crippen LogP contribution in [-0.4, -0.2) is 37.1 Å². The number of nitrogens with one attached hydrogen (secondary N) is 1. The number of rotatable bonds is 7. The maximum absolute atomic E-state index is 3.60. The van der Waals surface area contributed by atoms with Gasteiger partial charge in [0.25, 0.3) is 0 Å². The zero-order chi connectivity index (χ0) is 10.5. The van der Waals surface area contributed by atoms with Gasteiger partial charge in [-0.15, -0.1) is 0 Å². The molecule has 1 aliphatic carbocycles. The van der Waals surface area contributed by atoms with E-state index >= 15 is 0 Å². The van der Waals surface area contributed by atoms with Crippen LogP contribution in [0.25, 0.3) is 0 Å². The van der Waals surface area contributed by atoms with Crippen molar-refractivity contribution in [3.05, 3.63) is 0 Å². The molecule has 0 aromatic rings. The Hall–Kier alpha value is -0.0800. The van der Waals surface area contributed by atoms with Crippen molar-refractivity contribution in [3.63, 3.8) is 0 Å². The second-order valence-corrected chi connectivity index (χ2v) is 5.33. The Morgan fingerprint density at radius 2 is 2.07 bits per heavy atom. The summed E-state index contributed by atoms with van der Waals surface area (Å²) in [6.07, 6.45) is 8.45. The molecule has 0 amide bonds. The first-order chi connectivity index (χ1) is 7.38. The summed E-state index contributed by atoms with van der Waals surface area (Å²) in [5.41, 5.74) is 0. The summed E-state index contributed by atoms with van der Waals surface area (Å²) in [6.45, 7) is 7.56. The Morgan fingerprint density at radius 1 is 1.20 bits per heavy atom. The maximum Gasteiger partial charge on any atom is 0.00797 e. The molecule has 2 heteroatoms. The summed E-state index contributed by atoms with van der Waals surface area (Å²) in [5, 5.41) is 3.60. The first-order valence-corrected chi connectivity index (χ1v) is 6.84. The van der Waals surface area contributed by atoms with Crippen LogP contribution in [0.2, 0.25) is 0 Å². The van der Waals surface area contributed by atoms with E-state index in [0.717, 1.165) is 12.0 Å². The Kier molecular flexibility index (Phi) is 4.45. The molecule has 1 unspecified atom stereocenters. The van der Waals surface area contributed by atoms with Gasteiger partial charge in [0.15, 0.2) is 0 Å². The average Bonchev–Trinajstić information content (AvgIpc) is 2.90. The predicted molar refractivity (Wildman–Crippen MR) is 65.1 cm³/mol. The highest BCUT2D eigenvalue weighted by Gasteiger charge is 2.24. The highest BCUT2D eigenvalue weighted by molar-refractivity contribution is 4.79. The van der Waals surface area contributed by atoms with Gasteiger partial charge in [0, 0.05) is 12.6 Å². The van der Waals surface area contributed by atoms with Crippen molar-refractivity contribution in [2.75, 3.05) is 26.2 Å². The van der Waals surface area contributed by atoms with E-state index in [4.69, 9.17) is 0 Å². The third-order valence-corrected chi connectivity index (χ3v) is 3.71. The highest BCUT2D eigenvalue weighted by atomic mass is 15.1. The third-order valence-electron chi connectivity index (χ3n) is 3.71. The van der Waals surface area contributed by atoms with Crippen LogP contribution in [0.15, 0.2) is 0 Å². The van der Waals surface area contributed by atoms with E-state index < -0.39 is 0 Å². The Labute approximate surface area is 94.4 Å². The number of hydrogen-bond acceptors (Lipinski definition) is 2. The first kappa shape index (κ1) is 11.4. The minimum atomic E-state index is 0.823. The Morgan fingerprint density at radius 3 is 2.67 bits per heavy atom. The molecule has 1 aliphatic heterocycles. The van der Waals surface area contributed by atoms with Crippen LogP contribution in [0.1, 0.15) is 45.4 Å². The molecule has 0 aromatic heterocycles. The average molecular weight is 210 g/mol. The number of nitrogens with zero attached hydrogens (tertiary/aromatic N) is 1. The minimum Gasteiger partial charge on any atom is -0.314 e. The van der Waals surface area contributed by atoms with Gasteiger partial charge in [-0.05, 0) is 64.1 Å². The molecule has 2 fully saturated rings. The van der Waals surface area contributed by atoms with Gasteiger partial charge in [-0.2, -0.15) is 0 Å². The quantitative estimate of drug-likeness (QED) is 0.693. The molecule has 2 rings (SSSR count). The number of hydrogen-bond donors (Lipinski definition) is 1. The summed E-state index contributed by atoms with van der Waals surface area (Å²) < 4.78 is 0. The summed E-state index contributed by atoms with van der Waals surface area (Å²) in [6, 6.07) is 0.823. The van der Waals surface area contributed by atoms with Gasteiger partial charge in [-0.1, -0.05) is 6.92 Å². The molecule has 88 valence electrons. The molecular formula is C13H26N2. The fraction of sp³-hybridized carbons (Fsp3) is 1.00. The van der Waals surface area contributed by atoms with Crippen LogP contribution >= 0.6 is 0 Å². The van der Waals surface area contributed by atoms with Gasteiger partial charge in [-0.25, -0.2) is 0 Å². The minimum absolute atomic E-state index is 0.823. The largest absolute Gasteiger partial charge is 0.314 e. The molecule has 1 N–H and O–H groups in total. The summed E-state index contributed by atoms with van der Waals surface area (Å²) in [4.78, 5) is 2.69. The van der Waals surface area contributed by atoms with Crippen molar-refractivity contribution in [3.8, 4) is 0 Å². The van der Waals surface area contributed by atoms with Gasteiger partial charge in [0.1, 0.15) is 0 Å². The van der Waals surface area contributed by atoms with Crippen LogP contribution in [0.3, 0.4) is 0 Å². The molecule has 0 bridgehead atoms. The lowest BCUT2D eigenvalue weighted by Crippen LogP contribution is -2.32. The van der Waals surface area contributed by atoms with Crippen LogP contribution in [0.5, 0.6) is 0 Å². The van der Waals surface area contributed by atoms with Crippen molar-refractivity contribution in [2.45, 2.75) is 51.5 Å². The zero-order valence-corrected chi connectivity index (χ0v) is 10.2. The van der Waals surface area contributed by atoms with Gasteiger partial charge < -0.3 is 10.2 Å². The van der Waals surface area contributed by atoms with Crippen LogP contribution < -0.4 is 5.32 Å². The van der Waals surface area contributed by atoms with Crippen molar-refractivity contribution < 1.29 is 0 Å². The van der Waals surface area contributed by atoms with E-state index in [1.807, 2.05) is 0 Å². The molecule has 1 atom stereocenters. The summed E-state index contributed by atoms with van der Waals surface area (Å²) in [7, 11) is 0. The third kappa shape index (κ3) is 4.12. The first-order valence-electron chi connectivity index (χ1n) is 6.84. The van der Waals surface area contributed by atoms with E-state index in [2.05, 4.69) is 17.1 Å². The molecule has 1 saturated carbocycles. The molecule has 2 aliphatic rings. The van der Waals surface area contributed by atoms with E-state index in [-0.39, 0.29) is 0 Å². The fourth-order valence-electron chi connectivity index (χ4n) is 2.62. The highest BCUT2D eigenvalue weighted by Crippen LogP contribution is 2.29. The maximum atomic E-state index is 3.60. The lowest BCUT2D eigenvalue weighted by molar-refractivity contribution is 0.250. The second kappa shape index (κ2) is 5.86. The van der Waals surface area contributed by atoms with E-state index in [0.29, 0.717) is 0 Å². The predicted octanol–water partition coefficient (Wildman–Crippen LogP) is 2.25. The molecule has 0 aromatic carbocycles. The SMILES string of the molecule is CCCN(CCC1CCCN1)CC1CC1. The summed E-state index contributed by atoms with van der Waals surface area (Å²) in [5.74, 6) is 1.05. The van der Waals surface area contributed by atoms with Crippen molar-refractivity contribution in [1.82, 2.24) is 10.2 Å². The lowest BCUT2D eigenvalue weighted by atomic mass is 10.1. The van der Waals surface area contributed by atoms with Crippen molar-refractivity contribution >= 4 is 0 Å². The Balaban J connectivity index is 1.62. The molecule has 2 nitrogen and oxygen atoms in total. The summed E-state index contributed by atoms with van der Waals surface area (Å²) >= 11 is 0. The second-order valence-electron chi connectivity index (χ2n) is 5.33. The van der Waals surface area contributed by atoms with Gasteiger partial charge in [0.05, 0.1) is 0 Å². The standard InChI is InChI=1S/C13H26N2/c1-2-9-15(11-12-5-6-12)10-7-13-4-3-8-14-13/h12-14H,2-11H2,1H3. The van der Waals surface area contributed by atoms with Gasteiger partial charge >= 0.3 is 0 Å². The normalized spacial score (nSPS) is 26.4. The van der Waals surface area contributed by atoms with Crippen LogP contribution in [0.4, 0.5) is 0 Å². The lowest BCUT2D eigenvalue weighted by Gasteiger charge is -2.23. The van der Waals surface area contributed by atoms with Gasteiger partial charge in [-0.3, -0.25) is 0 Å². The molecule has 1 heterocycles. The van der Waals surface area contributed by atoms with Crippen molar-refractivity contribution in [1.29, 1.82) is 0 Å². The molecule has 0 spiro atoms. The van der Waals surface area contributed by atoms with E-state index in [1.165, 1.54) is 64.7 Å². The fourth-order valence-corrected chi connectivity index (χ4v) is 2.62. The van der Waals surface area contributed by atoms with Crippen LogP contribution in [-0.2, 0) is 0 Å². The zero-order valence-electron chi connectivity index (χ0n) is 10.2. The molecule has 1 saturated heterocycles. The molecular weight excluding hydrogens is 184 g/mol. The van der Waals surface area contributed by atoms with Gasteiger partial charge in [0.2, 0.25) is 0 Å². The van der Waals surface area contributed by atoms with Crippen molar-refractivity contribution in [2.24, 2.45) is 5.92 Å². The van der Waals surface area contributed by atoms with E-state index in [1.54, 1.807) is 0 Å². The smallest absolute Gasteiger partial charge is 0.00797 e. The monoisotopic (exact) mass is 210 g/mol.